The van der Waals surface area contributed by atoms with Crippen molar-refractivity contribution in [2.75, 3.05) is 11.9 Å². The molecule has 6 heteroatoms. The number of anilines is 1. The normalized spacial score (nSPS) is 16.5. The number of nitro benzene ring substituents is 1. The van der Waals surface area contributed by atoms with E-state index in [1.807, 2.05) is 0 Å². The number of nitrogens with one attached hydrogen (secondary N) is 1. The number of non-ortho nitro benzene ring substituents is 1. The van der Waals surface area contributed by atoms with Crippen molar-refractivity contribution < 1.29 is 9.34 Å². The Morgan fingerprint density at radius 1 is 1.53 bits per heavy atom. The minimum Gasteiger partial charge on any atom is -0.423 e. The highest BCUT2D eigenvalue weighted by Crippen LogP contribution is 2.48. The number of nitrogens with zero attached hydrogens (tertiary/aromatic N) is 2. The Balaban J connectivity index is 1.85. The number of fused-ring (bicyclic) bond motifs is 1. The molecule has 19 heavy (non-hydrogen) atoms. The molecule has 1 N–H and O–H groups in total. The van der Waals surface area contributed by atoms with Gasteiger partial charge in [0, 0.05) is 12.6 Å². The van der Waals surface area contributed by atoms with Gasteiger partial charge in [-0.15, -0.1) is 0 Å². The van der Waals surface area contributed by atoms with E-state index in [9.17, 15) is 10.1 Å². The Labute approximate surface area is 110 Å². The topological polar surface area (TPSA) is 81.2 Å². The van der Waals surface area contributed by atoms with Gasteiger partial charge in [0.25, 0.3) is 11.7 Å². The number of nitro groups is 1. The molecule has 0 atom stereocenters. The summed E-state index contributed by atoms with van der Waals surface area (Å²) in [6, 6.07) is 5.09. The smallest absolute Gasteiger partial charge is 0.298 e. The number of aromatic nitrogens is 1. The maximum atomic E-state index is 10.9. The van der Waals surface area contributed by atoms with Gasteiger partial charge in [-0.25, -0.2) is 0 Å². The summed E-state index contributed by atoms with van der Waals surface area (Å²) in [7, 11) is 0. The summed E-state index contributed by atoms with van der Waals surface area (Å²) >= 11 is 0. The van der Waals surface area contributed by atoms with Gasteiger partial charge in [-0.3, -0.25) is 10.1 Å². The maximum Gasteiger partial charge on any atom is 0.298 e. The largest absolute Gasteiger partial charge is 0.423 e. The van der Waals surface area contributed by atoms with E-state index in [1.54, 1.807) is 12.1 Å². The second-order valence-electron chi connectivity index (χ2n) is 5.11. The predicted octanol–water partition coefficient (Wildman–Crippen LogP) is 3.34. The molecule has 1 saturated carbocycles. The third-order valence-electron chi connectivity index (χ3n) is 3.92. The van der Waals surface area contributed by atoms with Crippen LogP contribution in [0.25, 0.3) is 11.1 Å². The van der Waals surface area contributed by atoms with Crippen LogP contribution in [0.1, 0.15) is 26.2 Å². The predicted molar refractivity (Wildman–Crippen MR) is 71.1 cm³/mol. The van der Waals surface area contributed by atoms with Gasteiger partial charge in [0.1, 0.15) is 0 Å². The first-order chi connectivity index (χ1) is 9.13. The molecule has 1 aliphatic rings. The molecule has 1 fully saturated rings. The second kappa shape index (κ2) is 4.22. The summed E-state index contributed by atoms with van der Waals surface area (Å²) in [4.78, 5) is 14.6. The molecule has 3 rings (SSSR count). The summed E-state index contributed by atoms with van der Waals surface area (Å²) < 4.78 is 5.50. The van der Waals surface area contributed by atoms with Crippen LogP contribution in [0.15, 0.2) is 22.6 Å². The van der Waals surface area contributed by atoms with Gasteiger partial charge in [0.15, 0.2) is 11.1 Å². The quantitative estimate of drug-likeness (QED) is 0.659. The Kier molecular flexibility index (Phi) is 2.66. The molecule has 1 aliphatic carbocycles. The molecular weight excluding hydrogens is 246 g/mol. The van der Waals surface area contributed by atoms with Gasteiger partial charge < -0.3 is 9.73 Å². The van der Waals surface area contributed by atoms with Gasteiger partial charge in [-0.1, -0.05) is 13.0 Å². The van der Waals surface area contributed by atoms with Crippen molar-refractivity contribution in [1.82, 2.24) is 4.98 Å². The first kappa shape index (κ1) is 12.0. The molecule has 0 aliphatic heterocycles. The van der Waals surface area contributed by atoms with E-state index in [-0.39, 0.29) is 5.69 Å². The minimum absolute atomic E-state index is 0.0223. The molecule has 0 unspecified atom stereocenters. The summed E-state index contributed by atoms with van der Waals surface area (Å²) in [6.07, 6.45) is 3.56. The molecule has 0 saturated heterocycles. The van der Waals surface area contributed by atoms with Crippen molar-refractivity contribution in [2.24, 2.45) is 5.41 Å². The van der Waals surface area contributed by atoms with Gasteiger partial charge >= 0.3 is 0 Å². The molecule has 2 aromatic rings. The molecule has 0 amide bonds. The van der Waals surface area contributed by atoms with E-state index in [4.69, 9.17) is 4.42 Å². The van der Waals surface area contributed by atoms with Crippen LogP contribution in [-0.2, 0) is 0 Å². The number of para-hydroxylation sites is 1. The second-order valence-corrected chi connectivity index (χ2v) is 5.11. The maximum absolute atomic E-state index is 10.9. The monoisotopic (exact) mass is 261 g/mol. The minimum atomic E-state index is -0.441. The molecule has 1 aromatic carbocycles. The van der Waals surface area contributed by atoms with Gasteiger partial charge in [-0.2, -0.15) is 4.98 Å². The number of hydrogen-bond acceptors (Lipinski definition) is 5. The third kappa shape index (κ3) is 2.14. The van der Waals surface area contributed by atoms with Gasteiger partial charge in [0.2, 0.25) is 0 Å². The Morgan fingerprint density at radius 2 is 2.32 bits per heavy atom. The highest BCUT2D eigenvalue weighted by molar-refractivity contribution is 5.83. The highest BCUT2D eigenvalue weighted by Gasteiger charge is 2.40. The first-order valence-electron chi connectivity index (χ1n) is 6.41. The fraction of sp³-hybridized carbons (Fsp3) is 0.462. The lowest BCUT2D eigenvalue weighted by Crippen LogP contribution is -2.14. The molecule has 0 radical (unpaired) electrons. The third-order valence-corrected chi connectivity index (χ3v) is 3.92. The number of hydrogen-bond donors (Lipinski definition) is 1. The highest BCUT2D eigenvalue weighted by atomic mass is 16.6. The van der Waals surface area contributed by atoms with E-state index in [1.165, 1.54) is 18.9 Å². The summed E-state index contributed by atoms with van der Waals surface area (Å²) in [5.74, 6) is 0. The Hall–Kier alpha value is -2.11. The van der Waals surface area contributed by atoms with Crippen LogP contribution in [0.4, 0.5) is 11.7 Å². The molecule has 1 aromatic heterocycles. The van der Waals surface area contributed by atoms with E-state index in [0.29, 0.717) is 22.5 Å². The zero-order valence-electron chi connectivity index (χ0n) is 10.7. The Bertz CT molecular complexity index is 631. The average Bonchev–Trinajstić information content (AvgIpc) is 3.07. The fourth-order valence-electron chi connectivity index (χ4n) is 2.25. The van der Waals surface area contributed by atoms with Crippen LogP contribution in [0.5, 0.6) is 0 Å². The SMILES string of the molecule is CCC1(CNc2nc3c([N+](=O)[O-])cccc3o2)CC1. The lowest BCUT2D eigenvalue weighted by atomic mass is 10.0. The van der Waals surface area contributed by atoms with Crippen molar-refractivity contribution in [3.8, 4) is 0 Å². The number of benzene rings is 1. The zero-order valence-corrected chi connectivity index (χ0v) is 10.7. The zero-order chi connectivity index (χ0) is 13.5. The molecule has 100 valence electrons. The Morgan fingerprint density at radius 3 is 2.95 bits per heavy atom. The molecule has 6 nitrogen and oxygen atoms in total. The fourth-order valence-corrected chi connectivity index (χ4v) is 2.25. The van der Waals surface area contributed by atoms with Crippen molar-refractivity contribution in [3.63, 3.8) is 0 Å². The van der Waals surface area contributed by atoms with E-state index in [0.717, 1.165) is 13.0 Å². The molecule has 0 bridgehead atoms. The summed E-state index contributed by atoms with van der Waals surface area (Å²) in [6.45, 7) is 2.98. The van der Waals surface area contributed by atoms with Crippen LogP contribution >= 0.6 is 0 Å². The standard InChI is InChI=1S/C13H15N3O3/c1-2-13(6-7-13)8-14-12-15-11-9(16(17)18)4-3-5-10(11)19-12/h3-5H,2,6-8H2,1H3,(H,14,15). The van der Waals surface area contributed by atoms with Crippen LogP contribution in [0.2, 0.25) is 0 Å². The lowest BCUT2D eigenvalue weighted by Gasteiger charge is -2.11. The van der Waals surface area contributed by atoms with E-state index >= 15 is 0 Å². The van der Waals surface area contributed by atoms with Crippen molar-refractivity contribution >= 4 is 22.8 Å². The van der Waals surface area contributed by atoms with Gasteiger partial charge in [0.05, 0.1) is 4.92 Å². The van der Waals surface area contributed by atoms with Crippen LogP contribution in [0, 0.1) is 15.5 Å². The van der Waals surface area contributed by atoms with E-state index < -0.39 is 4.92 Å². The van der Waals surface area contributed by atoms with Crippen molar-refractivity contribution in [3.05, 3.63) is 28.3 Å². The van der Waals surface area contributed by atoms with Crippen LogP contribution in [-0.4, -0.2) is 16.5 Å². The molecular formula is C13H15N3O3. The molecule has 1 heterocycles. The van der Waals surface area contributed by atoms with Crippen molar-refractivity contribution in [2.45, 2.75) is 26.2 Å². The van der Waals surface area contributed by atoms with Crippen molar-refractivity contribution in [1.29, 1.82) is 0 Å². The number of oxazole rings is 1. The van der Waals surface area contributed by atoms with Crippen LogP contribution in [0.3, 0.4) is 0 Å². The van der Waals surface area contributed by atoms with Gasteiger partial charge in [-0.05, 0) is 30.7 Å². The van der Waals surface area contributed by atoms with Crippen LogP contribution < -0.4 is 5.32 Å². The number of rotatable bonds is 5. The summed E-state index contributed by atoms with van der Waals surface area (Å²) in [5.41, 5.74) is 1.09. The summed E-state index contributed by atoms with van der Waals surface area (Å²) in [5, 5.41) is 14.1. The van der Waals surface area contributed by atoms with E-state index in [2.05, 4.69) is 17.2 Å². The lowest BCUT2D eigenvalue weighted by molar-refractivity contribution is -0.383. The average molecular weight is 261 g/mol. The first-order valence-corrected chi connectivity index (χ1v) is 6.41. The molecule has 0 spiro atoms.